The minimum absolute atomic E-state index is 0.0345. The number of hydrogen-bond acceptors (Lipinski definition) is 3. The van der Waals surface area contributed by atoms with Gasteiger partial charge in [-0.3, -0.25) is 4.79 Å². The molecule has 1 unspecified atom stereocenters. The van der Waals surface area contributed by atoms with E-state index in [9.17, 15) is 4.79 Å². The van der Waals surface area contributed by atoms with E-state index in [-0.39, 0.29) is 19.1 Å². The van der Waals surface area contributed by atoms with Gasteiger partial charge < -0.3 is 15.2 Å². The van der Waals surface area contributed by atoms with Gasteiger partial charge in [-0.25, -0.2) is 0 Å². The molecular formula is C15H23NO3. The number of ether oxygens (including phenoxy) is 1. The third-order valence-corrected chi connectivity index (χ3v) is 2.83. The second-order valence-electron chi connectivity index (χ2n) is 5.11. The maximum Gasteiger partial charge on any atom is 0.258 e. The summed E-state index contributed by atoms with van der Waals surface area (Å²) in [4.78, 5) is 11.4. The van der Waals surface area contributed by atoms with Crippen molar-refractivity contribution < 1.29 is 14.6 Å². The average Bonchev–Trinajstić information content (AvgIpc) is 2.33. The number of aliphatic hydroxyl groups is 1. The molecule has 4 heteroatoms. The lowest BCUT2D eigenvalue weighted by Crippen LogP contribution is -2.34. The number of amides is 1. The van der Waals surface area contributed by atoms with Gasteiger partial charge in [0, 0.05) is 6.54 Å². The van der Waals surface area contributed by atoms with Gasteiger partial charge in [-0.1, -0.05) is 19.9 Å². The van der Waals surface area contributed by atoms with Gasteiger partial charge in [-0.15, -0.1) is 0 Å². The first kappa shape index (κ1) is 15.5. The summed E-state index contributed by atoms with van der Waals surface area (Å²) in [5.41, 5.74) is 2.45. The van der Waals surface area contributed by atoms with Crippen LogP contribution in [-0.2, 0) is 4.79 Å². The summed E-state index contributed by atoms with van der Waals surface area (Å²) in [6, 6.07) is 5.85. The van der Waals surface area contributed by atoms with E-state index in [0.29, 0.717) is 11.7 Å². The van der Waals surface area contributed by atoms with Crippen LogP contribution in [0.3, 0.4) is 0 Å². The summed E-state index contributed by atoms with van der Waals surface area (Å²) >= 11 is 0. The SMILES string of the molecule is Cc1cc(OCC(=O)NCC(C)O)ccc1C(C)C. The van der Waals surface area contributed by atoms with Crippen LogP contribution in [0.2, 0.25) is 0 Å². The normalized spacial score (nSPS) is 12.3. The van der Waals surface area contributed by atoms with Crippen LogP contribution in [-0.4, -0.2) is 30.3 Å². The average molecular weight is 265 g/mol. The van der Waals surface area contributed by atoms with Gasteiger partial charge in [0.05, 0.1) is 6.10 Å². The Morgan fingerprint density at radius 1 is 1.37 bits per heavy atom. The molecule has 19 heavy (non-hydrogen) atoms. The molecule has 1 aromatic rings. The van der Waals surface area contributed by atoms with Crippen molar-refractivity contribution in [1.29, 1.82) is 0 Å². The van der Waals surface area contributed by atoms with E-state index in [1.54, 1.807) is 6.92 Å². The summed E-state index contributed by atoms with van der Waals surface area (Å²) in [5, 5.41) is 11.6. The predicted octanol–water partition coefficient (Wildman–Crippen LogP) is 1.99. The number of aliphatic hydroxyl groups excluding tert-OH is 1. The maximum absolute atomic E-state index is 11.4. The molecule has 4 nitrogen and oxygen atoms in total. The largest absolute Gasteiger partial charge is 0.484 e. The number of nitrogens with one attached hydrogen (secondary N) is 1. The minimum Gasteiger partial charge on any atom is -0.484 e. The third-order valence-electron chi connectivity index (χ3n) is 2.83. The fourth-order valence-corrected chi connectivity index (χ4v) is 1.85. The second kappa shape index (κ2) is 7.14. The molecule has 0 bridgehead atoms. The molecule has 1 atom stereocenters. The smallest absolute Gasteiger partial charge is 0.258 e. The Hall–Kier alpha value is -1.55. The van der Waals surface area contributed by atoms with Crippen LogP contribution in [0.1, 0.15) is 37.8 Å². The Kier molecular flexibility index (Phi) is 5.83. The molecule has 1 amide bonds. The lowest BCUT2D eigenvalue weighted by atomic mass is 9.98. The molecule has 0 heterocycles. The van der Waals surface area contributed by atoms with Gasteiger partial charge in [0.15, 0.2) is 6.61 Å². The molecule has 0 saturated carbocycles. The first-order chi connectivity index (χ1) is 8.90. The fraction of sp³-hybridized carbons (Fsp3) is 0.533. The van der Waals surface area contributed by atoms with E-state index in [0.717, 1.165) is 5.56 Å². The molecule has 2 N–H and O–H groups in total. The zero-order chi connectivity index (χ0) is 14.4. The van der Waals surface area contributed by atoms with Gasteiger partial charge in [-0.2, -0.15) is 0 Å². The highest BCUT2D eigenvalue weighted by atomic mass is 16.5. The van der Waals surface area contributed by atoms with Gasteiger partial charge in [-0.05, 0) is 43.0 Å². The van der Waals surface area contributed by atoms with Gasteiger partial charge in [0.25, 0.3) is 5.91 Å². The third kappa shape index (κ3) is 5.30. The van der Waals surface area contributed by atoms with Crippen LogP contribution >= 0.6 is 0 Å². The fourth-order valence-electron chi connectivity index (χ4n) is 1.85. The minimum atomic E-state index is -0.545. The second-order valence-corrected chi connectivity index (χ2v) is 5.11. The summed E-state index contributed by atoms with van der Waals surface area (Å²) in [7, 11) is 0. The van der Waals surface area contributed by atoms with Crippen LogP contribution in [0.5, 0.6) is 5.75 Å². The molecule has 0 aliphatic rings. The van der Waals surface area contributed by atoms with E-state index in [1.165, 1.54) is 5.56 Å². The number of rotatable bonds is 6. The van der Waals surface area contributed by atoms with E-state index >= 15 is 0 Å². The van der Waals surface area contributed by atoms with Crippen molar-refractivity contribution in [2.75, 3.05) is 13.2 Å². The number of carbonyl (C=O) groups excluding carboxylic acids is 1. The molecule has 0 fully saturated rings. The van der Waals surface area contributed by atoms with E-state index in [2.05, 4.69) is 19.2 Å². The van der Waals surface area contributed by atoms with Crippen molar-refractivity contribution in [2.24, 2.45) is 0 Å². The highest BCUT2D eigenvalue weighted by Gasteiger charge is 2.07. The first-order valence-electron chi connectivity index (χ1n) is 6.58. The molecule has 0 aliphatic heterocycles. The quantitative estimate of drug-likeness (QED) is 0.827. The lowest BCUT2D eigenvalue weighted by molar-refractivity contribution is -0.123. The first-order valence-corrected chi connectivity index (χ1v) is 6.58. The number of carbonyl (C=O) groups is 1. The van der Waals surface area contributed by atoms with Crippen LogP contribution in [0.4, 0.5) is 0 Å². The topological polar surface area (TPSA) is 58.6 Å². The molecule has 106 valence electrons. The molecule has 0 aromatic heterocycles. The molecule has 0 saturated heterocycles. The summed E-state index contributed by atoms with van der Waals surface area (Å²) in [5.74, 6) is 0.934. The zero-order valence-electron chi connectivity index (χ0n) is 12.1. The van der Waals surface area contributed by atoms with Crippen molar-refractivity contribution in [1.82, 2.24) is 5.32 Å². The van der Waals surface area contributed by atoms with Crippen molar-refractivity contribution >= 4 is 5.91 Å². The Morgan fingerprint density at radius 3 is 2.58 bits per heavy atom. The molecular weight excluding hydrogens is 242 g/mol. The molecule has 1 rings (SSSR count). The zero-order valence-corrected chi connectivity index (χ0v) is 12.1. The van der Waals surface area contributed by atoms with Gasteiger partial charge in [0.2, 0.25) is 0 Å². The van der Waals surface area contributed by atoms with Crippen molar-refractivity contribution in [3.8, 4) is 5.75 Å². The number of benzene rings is 1. The van der Waals surface area contributed by atoms with Crippen molar-refractivity contribution in [2.45, 2.75) is 39.7 Å². The number of aryl methyl sites for hydroxylation is 1. The molecule has 0 spiro atoms. The Balaban J connectivity index is 2.50. The predicted molar refractivity (Wildman–Crippen MR) is 75.5 cm³/mol. The van der Waals surface area contributed by atoms with Crippen LogP contribution in [0, 0.1) is 6.92 Å². The van der Waals surface area contributed by atoms with Crippen molar-refractivity contribution in [3.05, 3.63) is 29.3 Å². The van der Waals surface area contributed by atoms with E-state index < -0.39 is 6.10 Å². The number of hydrogen-bond donors (Lipinski definition) is 2. The van der Waals surface area contributed by atoms with E-state index in [1.807, 2.05) is 25.1 Å². The van der Waals surface area contributed by atoms with Crippen LogP contribution in [0.25, 0.3) is 0 Å². The van der Waals surface area contributed by atoms with Crippen LogP contribution < -0.4 is 10.1 Å². The Morgan fingerprint density at radius 2 is 2.05 bits per heavy atom. The van der Waals surface area contributed by atoms with Gasteiger partial charge in [0.1, 0.15) is 5.75 Å². The highest BCUT2D eigenvalue weighted by Crippen LogP contribution is 2.23. The van der Waals surface area contributed by atoms with Crippen molar-refractivity contribution in [3.63, 3.8) is 0 Å². The van der Waals surface area contributed by atoms with Gasteiger partial charge >= 0.3 is 0 Å². The monoisotopic (exact) mass is 265 g/mol. The lowest BCUT2D eigenvalue weighted by Gasteiger charge is -2.12. The molecule has 1 aromatic carbocycles. The molecule has 0 aliphatic carbocycles. The Bertz CT molecular complexity index is 427. The highest BCUT2D eigenvalue weighted by molar-refractivity contribution is 5.77. The standard InChI is InChI=1S/C15H23NO3/c1-10(2)14-6-5-13(7-11(14)3)19-9-15(18)16-8-12(4)17/h5-7,10,12,17H,8-9H2,1-4H3,(H,16,18). The Labute approximate surface area is 114 Å². The maximum atomic E-state index is 11.4. The van der Waals surface area contributed by atoms with E-state index in [4.69, 9.17) is 9.84 Å². The molecule has 0 radical (unpaired) electrons. The summed E-state index contributed by atoms with van der Waals surface area (Å²) in [6.45, 7) is 8.16. The summed E-state index contributed by atoms with van der Waals surface area (Å²) < 4.78 is 5.42. The van der Waals surface area contributed by atoms with Crippen LogP contribution in [0.15, 0.2) is 18.2 Å². The summed E-state index contributed by atoms with van der Waals surface area (Å²) in [6.07, 6.45) is -0.545.